The van der Waals surface area contributed by atoms with Crippen LogP contribution in [0.5, 0.6) is 0 Å². The van der Waals surface area contributed by atoms with Crippen molar-refractivity contribution >= 4 is 17.5 Å². The largest absolute Gasteiger partial charge is 0.381 e. The molecule has 0 aromatic heterocycles. The predicted molar refractivity (Wildman–Crippen MR) is 101 cm³/mol. The maximum absolute atomic E-state index is 13.2. The molecule has 2 aromatic carbocycles. The highest BCUT2D eigenvalue weighted by Crippen LogP contribution is 2.36. The van der Waals surface area contributed by atoms with Crippen LogP contribution >= 0.6 is 0 Å². The number of anilines is 1. The number of benzene rings is 2. The molecule has 2 aromatic rings. The molecule has 0 radical (unpaired) electrons. The second-order valence-electron chi connectivity index (χ2n) is 6.56. The maximum Gasteiger partial charge on any atom is 0.235 e. The topological polar surface area (TPSA) is 67.4 Å². The quantitative estimate of drug-likeness (QED) is 0.869. The molecule has 0 atom stereocenters. The fourth-order valence-corrected chi connectivity index (χ4v) is 3.35. The summed E-state index contributed by atoms with van der Waals surface area (Å²) in [5, 5.41) is 5.66. The molecule has 136 valence electrons. The van der Waals surface area contributed by atoms with E-state index in [2.05, 4.69) is 10.6 Å². The van der Waals surface area contributed by atoms with Crippen molar-refractivity contribution in [3.05, 3.63) is 65.7 Å². The minimum Gasteiger partial charge on any atom is -0.381 e. The lowest BCUT2D eigenvalue weighted by molar-refractivity contribution is -0.125. The van der Waals surface area contributed by atoms with Gasteiger partial charge in [-0.05, 0) is 36.1 Å². The van der Waals surface area contributed by atoms with Gasteiger partial charge in [-0.3, -0.25) is 9.59 Å². The van der Waals surface area contributed by atoms with Gasteiger partial charge < -0.3 is 15.4 Å². The summed E-state index contributed by atoms with van der Waals surface area (Å²) in [6, 6.07) is 17.3. The first kappa shape index (κ1) is 18.1. The summed E-state index contributed by atoms with van der Waals surface area (Å²) in [6.07, 6.45) is 1.66. The van der Waals surface area contributed by atoms with Gasteiger partial charge in [0, 0.05) is 25.9 Å². The Labute approximate surface area is 153 Å². The lowest BCUT2D eigenvalue weighted by Gasteiger charge is -2.36. The Morgan fingerprint density at radius 1 is 1.00 bits per heavy atom. The molecule has 0 spiro atoms. The van der Waals surface area contributed by atoms with Crippen molar-refractivity contribution in [1.29, 1.82) is 0 Å². The van der Waals surface area contributed by atoms with Crippen LogP contribution in [0.25, 0.3) is 0 Å². The van der Waals surface area contributed by atoms with Crippen LogP contribution in [0.2, 0.25) is 0 Å². The van der Waals surface area contributed by atoms with Crippen LogP contribution in [-0.2, 0) is 26.2 Å². The molecule has 26 heavy (non-hydrogen) atoms. The van der Waals surface area contributed by atoms with Crippen LogP contribution in [0.4, 0.5) is 5.69 Å². The lowest BCUT2D eigenvalue weighted by Crippen LogP contribution is -2.44. The zero-order valence-corrected chi connectivity index (χ0v) is 15.0. The molecule has 0 unspecified atom stereocenters. The van der Waals surface area contributed by atoms with Crippen molar-refractivity contribution in [1.82, 2.24) is 5.32 Å². The van der Waals surface area contributed by atoms with Crippen molar-refractivity contribution in [2.75, 3.05) is 25.6 Å². The van der Waals surface area contributed by atoms with Crippen molar-refractivity contribution in [2.45, 2.75) is 24.7 Å². The van der Waals surface area contributed by atoms with Crippen molar-refractivity contribution in [2.24, 2.45) is 0 Å². The van der Waals surface area contributed by atoms with E-state index in [4.69, 9.17) is 4.74 Å². The summed E-state index contributed by atoms with van der Waals surface area (Å²) < 4.78 is 5.49. The van der Waals surface area contributed by atoms with Crippen molar-refractivity contribution in [3.63, 3.8) is 0 Å². The molecule has 1 aliphatic rings. The van der Waals surface area contributed by atoms with Gasteiger partial charge in [-0.25, -0.2) is 0 Å². The van der Waals surface area contributed by atoms with E-state index in [1.807, 2.05) is 54.6 Å². The third-order valence-electron chi connectivity index (χ3n) is 4.96. The van der Waals surface area contributed by atoms with E-state index >= 15 is 0 Å². The number of hydrogen-bond donors (Lipinski definition) is 2. The average molecular weight is 352 g/mol. The van der Waals surface area contributed by atoms with Crippen molar-refractivity contribution in [3.8, 4) is 0 Å². The van der Waals surface area contributed by atoms with Gasteiger partial charge in [0.25, 0.3) is 0 Å². The van der Waals surface area contributed by atoms with Gasteiger partial charge in [-0.1, -0.05) is 42.5 Å². The first-order valence-corrected chi connectivity index (χ1v) is 8.88. The number of hydrogen-bond acceptors (Lipinski definition) is 3. The second kappa shape index (κ2) is 8.15. The lowest BCUT2D eigenvalue weighted by atomic mass is 9.73. The molecule has 3 rings (SSSR count). The zero-order valence-electron chi connectivity index (χ0n) is 15.0. The Kier molecular flexibility index (Phi) is 5.68. The molecule has 0 saturated carbocycles. The number of carbonyl (C=O) groups excluding carboxylic acids is 2. The van der Waals surface area contributed by atoms with Crippen LogP contribution in [0.1, 0.15) is 24.0 Å². The molecule has 0 aliphatic carbocycles. The summed E-state index contributed by atoms with van der Waals surface area (Å²) in [6.45, 7) is 1.15. The molecule has 1 fully saturated rings. The molecular weight excluding hydrogens is 328 g/mol. The van der Waals surface area contributed by atoms with Gasteiger partial charge in [-0.2, -0.15) is 0 Å². The molecule has 1 saturated heterocycles. The molecule has 5 nitrogen and oxygen atoms in total. The minimum absolute atomic E-state index is 0.00829. The van der Waals surface area contributed by atoms with Crippen LogP contribution in [0, 0.1) is 0 Å². The molecular formula is C21H24N2O3. The van der Waals surface area contributed by atoms with Gasteiger partial charge in [0.05, 0.1) is 11.8 Å². The van der Waals surface area contributed by atoms with Crippen LogP contribution in [-0.4, -0.2) is 32.1 Å². The highest BCUT2D eigenvalue weighted by Gasteiger charge is 2.41. The van der Waals surface area contributed by atoms with Crippen LogP contribution in [0.15, 0.2) is 54.6 Å². The van der Waals surface area contributed by atoms with E-state index in [1.165, 1.54) is 0 Å². The molecule has 0 bridgehead atoms. The van der Waals surface area contributed by atoms with Crippen LogP contribution in [0.3, 0.4) is 0 Å². The van der Waals surface area contributed by atoms with E-state index in [1.54, 1.807) is 7.05 Å². The Morgan fingerprint density at radius 2 is 1.65 bits per heavy atom. The normalized spacial score (nSPS) is 15.9. The van der Waals surface area contributed by atoms with Crippen LogP contribution < -0.4 is 10.6 Å². The fourth-order valence-electron chi connectivity index (χ4n) is 3.35. The van der Waals surface area contributed by atoms with Gasteiger partial charge in [0.2, 0.25) is 11.8 Å². The third kappa shape index (κ3) is 3.94. The highest BCUT2D eigenvalue weighted by molar-refractivity contribution is 5.99. The highest BCUT2D eigenvalue weighted by atomic mass is 16.5. The summed E-state index contributed by atoms with van der Waals surface area (Å²) in [4.78, 5) is 24.6. The summed E-state index contributed by atoms with van der Waals surface area (Å²) in [7, 11) is 1.62. The Balaban J connectivity index is 1.77. The number of nitrogens with one attached hydrogen (secondary N) is 2. The molecule has 1 aliphatic heterocycles. The Bertz CT molecular complexity index is 751. The first-order valence-electron chi connectivity index (χ1n) is 8.88. The second-order valence-corrected chi connectivity index (χ2v) is 6.56. The van der Waals surface area contributed by atoms with E-state index in [0.29, 0.717) is 32.5 Å². The minimum atomic E-state index is -0.569. The van der Waals surface area contributed by atoms with Crippen molar-refractivity contribution < 1.29 is 14.3 Å². The molecule has 1 heterocycles. The number of rotatable bonds is 5. The first-order chi connectivity index (χ1) is 12.6. The number of carbonyl (C=O) groups is 2. The van der Waals surface area contributed by atoms with E-state index in [-0.39, 0.29) is 11.8 Å². The summed E-state index contributed by atoms with van der Waals surface area (Å²) in [5.74, 6) is -0.0435. The SMILES string of the molecule is CNC(=O)Cc1ccc(NC(=O)C2(c3ccccc3)CCOCC2)cc1. The number of likely N-dealkylation sites (N-methyl/N-ethyl adjacent to an activating group) is 1. The standard InChI is InChI=1S/C21H24N2O3/c1-22-19(24)15-16-7-9-18(10-8-16)23-20(25)21(11-13-26-14-12-21)17-5-3-2-4-6-17/h2-10H,11-15H2,1H3,(H,22,24)(H,23,25). The third-order valence-corrected chi connectivity index (χ3v) is 4.96. The van der Waals surface area contributed by atoms with E-state index in [9.17, 15) is 9.59 Å². The smallest absolute Gasteiger partial charge is 0.235 e. The molecule has 2 N–H and O–H groups in total. The maximum atomic E-state index is 13.2. The Morgan fingerprint density at radius 3 is 2.27 bits per heavy atom. The Hall–Kier alpha value is -2.66. The summed E-state index contributed by atoms with van der Waals surface area (Å²) in [5.41, 5.74) is 2.10. The van der Waals surface area contributed by atoms with E-state index < -0.39 is 5.41 Å². The predicted octanol–water partition coefficient (Wildman–Crippen LogP) is 2.66. The van der Waals surface area contributed by atoms with Gasteiger partial charge >= 0.3 is 0 Å². The number of amides is 2. The zero-order chi connectivity index (χ0) is 18.4. The fraction of sp³-hybridized carbons (Fsp3) is 0.333. The number of ether oxygens (including phenoxy) is 1. The van der Waals surface area contributed by atoms with Gasteiger partial charge in [0.1, 0.15) is 0 Å². The molecule has 5 heteroatoms. The van der Waals surface area contributed by atoms with Gasteiger partial charge in [-0.15, -0.1) is 0 Å². The van der Waals surface area contributed by atoms with E-state index in [0.717, 1.165) is 16.8 Å². The average Bonchev–Trinajstić information content (AvgIpc) is 2.70. The van der Waals surface area contributed by atoms with Gasteiger partial charge in [0.15, 0.2) is 0 Å². The monoisotopic (exact) mass is 352 g/mol. The molecule has 2 amide bonds. The summed E-state index contributed by atoms with van der Waals surface area (Å²) >= 11 is 0.